The summed E-state index contributed by atoms with van der Waals surface area (Å²) in [7, 11) is 0. The highest BCUT2D eigenvalue weighted by Gasteiger charge is 2.30. The van der Waals surface area contributed by atoms with E-state index in [1.807, 2.05) is 17.3 Å². The van der Waals surface area contributed by atoms with Crippen LogP contribution in [0, 0.1) is 0 Å². The van der Waals surface area contributed by atoms with Crippen molar-refractivity contribution >= 4 is 28.3 Å². The maximum absolute atomic E-state index is 4.57. The highest BCUT2D eigenvalue weighted by Crippen LogP contribution is 2.25. The molecule has 2 rings (SSSR count). The van der Waals surface area contributed by atoms with Gasteiger partial charge in [0.1, 0.15) is 0 Å². The number of amidine groups is 1. The maximum atomic E-state index is 4.57. The number of thiazole rings is 1. The van der Waals surface area contributed by atoms with Crippen LogP contribution in [-0.4, -0.2) is 28.0 Å². The maximum Gasteiger partial charge on any atom is 0.157 e. The van der Waals surface area contributed by atoms with Gasteiger partial charge in [-0.2, -0.15) is 0 Å². The van der Waals surface area contributed by atoms with Crippen molar-refractivity contribution in [2.45, 2.75) is 32.2 Å². The Labute approximate surface area is 105 Å². The number of nitrogens with one attached hydrogen (secondary N) is 1. The topological polar surface area (TPSA) is 37.3 Å². The Hall–Kier alpha value is -0.550. The van der Waals surface area contributed by atoms with Crippen LogP contribution in [0.4, 0.5) is 0 Å². The minimum Gasteiger partial charge on any atom is -0.359 e. The van der Waals surface area contributed by atoms with E-state index in [1.165, 1.54) is 0 Å². The first-order chi connectivity index (χ1) is 7.72. The SMILES string of the molecule is CCC1(C)CSC(=NCCc2cscn2)N1. The van der Waals surface area contributed by atoms with E-state index in [9.17, 15) is 0 Å². The van der Waals surface area contributed by atoms with Crippen molar-refractivity contribution in [3.8, 4) is 0 Å². The number of thioether (sulfide) groups is 1. The second-order valence-electron chi connectivity index (χ2n) is 4.24. The lowest BCUT2D eigenvalue weighted by Gasteiger charge is -2.20. The minimum atomic E-state index is 0.240. The van der Waals surface area contributed by atoms with E-state index in [-0.39, 0.29) is 5.54 Å². The summed E-state index contributed by atoms with van der Waals surface area (Å²) >= 11 is 3.48. The molecule has 88 valence electrons. The smallest absolute Gasteiger partial charge is 0.157 e. The van der Waals surface area contributed by atoms with E-state index >= 15 is 0 Å². The van der Waals surface area contributed by atoms with Gasteiger partial charge < -0.3 is 5.32 Å². The van der Waals surface area contributed by atoms with Gasteiger partial charge in [-0.1, -0.05) is 18.7 Å². The van der Waals surface area contributed by atoms with Gasteiger partial charge >= 0.3 is 0 Å². The zero-order valence-electron chi connectivity index (χ0n) is 9.69. The predicted octanol–water partition coefficient (Wildman–Crippen LogP) is 2.55. The molecule has 0 aromatic carbocycles. The fraction of sp³-hybridized carbons (Fsp3) is 0.636. The molecule has 2 heterocycles. The van der Waals surface area contributed by atoms with Gasteiger partial charge in [-0.3, -0.25) is 4.99 Å². The molecule has 16 heavy (non-hydrogen) atoms. The average Bonchev–Trinajstić information content (AvgIpc) is 2.90. The van der Waals surface area contributed by atoms with Gasteiger partial charge in [-0.05, 0) is 13.3 Å². The highest BCUT2D eigenvalue weighted by atomic mass is 32.2. The van der Waals surface area contributed by atoms with Gasteiger partial charge in [0.25, 0.3) is 0 Å². The van der Waals surface area contributed by atoms with Crippen molar-refractivity contribution < 1.29 is 0 Å². The van der Waals surface area contributed by atoms with E-state index in [4.69, 9.17) is 0 Å². The quantitative estimate of drug-likeness (QED) is 0.898. The van der Waals surface area contributed by atoms with Crippen molar-refractivity contribution in [3.05, 3.63) is 16.6 Å². The van der Waals surface area contributed by atoms with E-state index in [1.54, 1.807) is 11.3 Å². The van der Waals surface area contributed by atoms with Gasteiger partial charge in [-0.25, -0.2) is 4.98 Å². The Morgan fingerprint density at radius 3 is 3.12 bits per heavy atom. The zero-order chi connectivity index (χ0) is 11.4. The van der Waals surface area contributed by atoms with Crippen LogP contribution in [0.25, 0.3) is 0 Å². The lowest BCUT2D eigenvalue weighted by Crippen LogP contribution is -2.39. The third kappa shape index (κ3) is 2.98. The van der Waals surface area contributed by atoms with Crippen LogP contribution in [0.3, 0.4) is 0 Å². The Morgan fingerprint density at radius 1 is 1.62 bits per heavy atom. The standard InChI is InChI=1S/C11H17N3S2/c1-3-11(2)7-16-10(14-11)12-5-4-9-6-15-8-13-9/h6,8H,3-5,7H2,1-2H3,(H,12,14). The van der Waals surface area contributed by atoms with E-state index in [2.05, 4.69) is 34.5 Å². The molecule has 0 spiro atoms. The Morgan fingerprint density at radius 2 is 2.50 bits per heavy atom. The lowest BCUT2D eigenvalue weighted by atomic mass is 10.0. The molecule has 0 bridgehead atoms. The number of hydrogen-bond acceptors (Lipinski definition) is 4. The molecule has 1 unspecified atom stereocenters. The van der Waals surface area contributed by atoms with Crippen molar-refractivity contribution in [2.75, 3.05) is 12.3 Å². The van der Waals surface area contributed by atoms with Gasteiger partial charge in [0.2, 0.25) is 0 Å². The fourth-order valence-corrected chi connectivity index (χ4v) is 3.29. The number of nitrogens with zero attached hydrogens (tertiary/aromatic N) is 2. The number of aromatic nitrogens is 1. The first-order valence-corrected chi connectivity index (χ1v) is 7.47. The molecule has 1 atom stereocenters. The molecule has 1 aliphatic rings. The average molecular weight is 255 g/mol. The van der Waals surface area contributed by atoms with Crippen LogP contribution in [0.5, 0.6) is 0 Å². The first kappa shape index (κ1) is 11.9. The van der Waals surface area contributed by atoms with Crippen LogP contribution in [0.15, 0.2) is 15.9 Å². The summed E-state index contributed by atoms with van der Waals surface area (Å²) in [4.78, 5) is 8.82. The van der Waals surface area contributed by atoms with Crippen LogP contribution in [0.2, 0.25) is 0 Å². The van der Waals surface area contributed by atoms with Crippen LogP contribution in [0.1, 0.15) is 26.0 Å². The fourth-order valence-electron chi connectivity index (χ4n) is 1.47. The van der Waals surface area contributed by atoms with E-state index in [0.717, 1.165) is 36.0 Å². The zero-order valence-corrected chi connectivity index (χ0v) is 11.3. The molecular formula is C11H17N3S2. The van der Waals surface area contributed by atoms with E-state index < -0.39 is 0 Å². The second-order valence-corrected chi connectivity index (χ2v) is 5.93. The molecule has 1 saturated heterocycles. The van der Waals surface area contributed by atoms with Gasteiger partial charge in [0.15, 0.2) is 5.17 Å². The summed E-state index contributed by atoms with van der Waals surface area (Å²) in [6.07, 6.45) is 2.09. The molecule has 0 amide bonds. The molecule has 0 aliphatic carbocycles. The Kier molecular flexibility index (Phi) is 3.86. The third-order valence-corrected chi connectivity index (χ3v) is 4.74. The van der Waals surface area contributed by atoms with Crippen molar-refractivity contribution in [2.24, 2.45) is 4.99 Å². The summed E-state index contributed by atoms with van der Waals surface area (Å²) in [6.45, 7) is 5.30. The highest BCUT2D eigenvalue weighted by molar-refractivity contribution is 8.14. The molecule has 1 fully saturated rings. The van der Waals surface area contributed by atoms with Crippen LogP contribution in [-0.2, 0) is 6.42 Å². The molecular weight excluding hydrogens is 238 g/mol. The predicted molar refractivity (Wildman–Crippen MR) is 72.4 cm³/mol. The van der Waals surface area contributed by atoms with Crippen molar-refractivity contribution in [1.82, 2.24) is 10.3 Å². The van der Waals surface area contributed by atoms with Crippen molar-refractivity contribution in [3.63, 3.8) is 0 Å². The monoisotopic (exact) mass is 255 g/mol. The molecule has 1 aliphatic heterocycles. The van der Waals surface area contributed by atoms with Crippen molar-refractivity contribution in [1.29, 1.82) is 0 Å². The van der Waals surface area contributed by atoms with Gasteiger partial charge in [0, 0.05) is 29.6 Å². The molecule has 1 N–H and O–H groups in total. The molecule has 0 saturated carbocycles. The van der Waals surface area contributed by atoms with Crippen LogP contribution < -0.4 is 5.32 Å². The first-order valence-electron chi connectivity index (χ1n) is 5.54. The third-order valence-electron chi connectivity index (χ3n) is 2.82. The minimum absolute atomic E-state index is 0.240. The second kappa shape index (κ2) is 5.19. The van der Waals surface area contributed by atoms with Crippen LogP contribution >= 0.6 is 23.1 Å². The summed E-state index contributed by atoms with van der Waals surface area (Å²) in [5.74, 6) is 1.12. The largest absolute Gasteiger partial charge is 0.359 e. The summed E-state index contributed by atoms with van der Waals surface area (Å²) in [5.41, 5.74) is 3.26. The number of rotatable bonds is 4. The summed E-state index contributed by atoms with van der Waals surface area (Å²) in [6, 6.07) is 0. The lowest BCUT2D eigenvalue weighted by molar-refractivity contribution is 0.466. The van der Waals surface area contributed by atoms with Gasteiger partial charge in [0.05, 0.1) is 11.2 Å². The number of hydrogen-bond donors (Lipinski definition) is 1. The summed E-state index contributed by atoms with van der Waals surface area (Å²) in [5, 5.41) is 6.68. The Balaban J connectivity index is 1.81. The molecule has 5 heteroatoms. The van der Waals surface area contributed by atoms with E-state index in [0.29, 0.717) is 0 Å². The summed E-state index contributed by atoms with van der Waals surface area (Å²) < 4.78 is 0. The molecule has 0 radical (unpaired) electrons. The molecule has 1 aromatic heterocycles. The molecule has 3 nitrogen and oxygen atoms in total. The number of aliphatic imine (C=N–C) groups is 1. The Bertz CT molecular complexity index is 361. The normalized spacial score (nSPS) is 27.2. The molecule has 1 aromatic rings. The van der Waals surface area contributed by atoms with Gasteiger partial charge in [-0.15, -0.1) is 11.3 Å².